The Morgan fingerprint density at radius 2 is 1.95 bits per heavy atom. The number of nitrogens with zero attached hydrogens (tertiary/aromatic N) is 1. The predicted octanol–water partition coefficient (Wildman–Crippen LogP) is 1.19. The van der Waals surface area contributed by atoms with Gasteiger partial charge in [0.15, 0.2) is 0 Å². The zero-order valence-electron chi connectivity index (χ0n) is 12.4. The Labute approximate surface area is 127 Å². The Morgan fingerprint density at radius 3 is 2.59 bits per heavy atom. The second-order valence-corrected chi connectivity index (χ2v) is 5.06. The Bertz CT molecular complexity index is 734. The summed E-state index contributed by atoms with van der Waals surface area (Å²) < 4.78 is 1.17. The molecule has 0 aliphatic carbocycles. The fourth-order valence-electron chi connectivity index (χ4n) is 2.26. The normalized spacial score (nSPS) is 11.9. The molecule has 2 aromatic rings. The molecule has 0 aliphatic heterocycles. The van der Waals surface area contributed by atoms with Crippen LogP contribution in [0.4, 0.5) is 0 Å². The van der Waals surface area contributed by atoms with Crippen LogP contribution in [0.5, 0.6) is 0 Å². The summed E-state index contributed by atoms with van der Waals surface area (Å²) in [5.74, 6) is -0.267. The fraction of sp³-hybridized carbons (Fsp3) is 0.312. The van der Waals surface area contributed by atoms with Gasteiger partial charge in [0, 0.05) is 12.3 Å². The Morgan fingerprint density at radius 1 is 1.23 bits per heavy atom. The van der Waals surface area contributed by atoms with E-state index in [1.54, 1.807) is 0 Å². The maximum Gasteiger partial charge on any atom is 0.328 e. The SMILES string of the molecule is CCC[C@H](NC(=O)Cn1ccc(=O)[nH]c1=O)c1ccccc1. The van der Waals surface area contributed by atoms with Gasteiger partial charge in [-0.05, 0) is 12.0 Å². The molecule has 2 rings (SSSR count). The molecule has 0 radical (unpaired) electrons. The van der Waals surface area contributed by atoms with Crippen molar-refractivity contribution in [2.45, 2.75) is 32.4 Å². The van der Waals surface area contributed by atoms with Crippen LogP contribution in [0.25, 0.3) is 0 Å². The lowest BCUT2D eigenvalue weighted by molar-refractivity contribution is -0.122. The summed E-state index contributed by atoms with van der Waals surface area (Å²) in [6.07, 6.45) is 3.06. The smallest absolute Gasteiger partial charge is 0.328 e. The van der Waals surface area contributed by atoms with Crippen molar-refractivity contribution >= 4 is 5.91 Å². The van der Waals surface area contributed by atoms with Crippen LogP contribution in [0.3, 0.4) is 0 Å². The molecule has 1 atom stereocenters. The second-order valence-electron chi connectivity index (χ2n) is 5.06. The second kappa shape index (κ2) is 7.40. The number of amides is 1. The van der Waals surface area contributed by atoms with Crippen molar-refractivity contribution in [2.75, 3.05) is 0 Å². The lowest BCUT2D eigenvalue weighted by Gasteiger charge is -2.19. The molecule has 6 nitrogen and oxygen atoms in total. The van der Waals surface area contributed by atoms with E-state index in [2.05, 4.69) is 17.2 Å². The molecule has 0 aliphatic rings. The lowest BCUT2D eigenvalue weighted by Crippen LogP contribution is -2.36. The topological polar surface area (TPSA) is 84.0 Å². The maximum atomic E-state index is 12.1. The van der Waals surface area contributed by atoms with Crippen LogP contribution in [0, 0.1) is 0 Å². The molecule has 6 heteroatoms. The van der Waals surface area contributed by atoms with Crippen molar-refractivity contribution in [2.24, 2.45) is 0 Å². The van der Waals surface area contributed by atoms with Crippen LogP contribution in [-0.2, 0) is 11.3 Å². The van der Waals surface area contributed by atoms with Crippen molar-refractivity contribution in [1.82, 2.24) is 14.9 Å². The van der Waals surface area contributed by atoms with Crippen LogP contribution in [0.2, 0.25) is 0 Å². The van der Waals surface area contributed by atoms with Gasteiger partial charge in [-0.15, -0.1) is 0 Å². The van der Waals surface area contributed by atoms with Crippen LogP contribution in [0.15, 0.2) is 52.2 Å². The minimum atomic E-state index is -0.589. The van der Waals surface area contributed by atoms with E-state index >= 15 is 0 Å². The summed E-state index contributed by atoms with van der Waals surface area (Å²) in [6.45, 7) is 1.93. The van der Waals surface area contributed by atoms with Crippen LogP contribution < -0.4 is 16.6 Å². The molecule has 116 valence electrons. The highest BCUT2D eigenvalue weighted by molar-refractivity contribution is 5.76. The van der Waals surface area contributed by atoms with E-state index in [0.717, 1.165) is 18.4 Å². The van der Waals surface area contributed by atoms with Gasteiger partial charge in [0.2, 0.25) is 5.91 Å². The molecule has 0 bridgehead atoms. The first kappa shape index (κ1) is 15.8. The highest BCUT2D eigenvalue weighted by Crippen LogP contribution is 2.17. The summed E-state index contributed by atoms with van der Waals surface area (Å²) in [7, 11) is 0. The van der Waals surface area contributed by atoms with Crippen LogP contribution >= 0.6 is 0 Å². The number of carbonyl (C=O) groups is 1. The molecule has 1 aromatic heterocycles. The quantitative estimate of drug-likeness (QED) is 0.840. The largest absolute Gasteiger partial charge is 0.348 e. The molecule has 2 N–H and O–H groups in total. The summed E-state index contributed by atoms with van der Waals surface area (Å²) >= 11 is 0. The Hall–Kier alpha value is -2.63. The minimum absolute atomic E-state index is 0.0860. The van der Waals surface area contributed by atoms with E-state index in [1.807, 2.05) is 30.3 Å². The number of hydrogen-bond donors (Lipinski definition) is 2. The van der Waals surface area contributed by atoms with Crippen molar-refractivity contribution in [3.63, 3.8) is 0 Å². The van der Waals surface area contributed by atoms with Gasteiger partial charge in [-0.25, -0.2) is 4.79 Å². The highest BCUT2D eigenvalue weighted by Gasteiger charge is 2.14. The monoisotopic (exact) mass is 301 g/mol. The average Bonchev–Trinajstić information content (AvgIpc) is 2.50. The number of aromatic amines is 1. The third-order valence-corrected chi connectivity index (χ3v) is 3.33. The number of benzene rings is 1. The van der Waals surface area contributed by atoms with Crippen molar-refractivity contribution in [3.05, 3.63) is 69.0 Å². The lowest BCUT2D eigenvalue weighted by atomic mass is 10.0. The standard InChI is InChI=1S/C16H19N3O3/c1-2-6-13(12-7-4-3-5-8-12)17-15(21)11-19-10-9-14(20)18-16(19)22/h3-5,7-10,13H,2,6,11H2,1H3,(H,17,21)(H,18,20,22)/t13-/m0/s1. The van der Waals surface area contributed by atoms with Crippen molar-refractivity contribution in [1.29, 1.82) is 0 Å². The van der Waals surface area contributed by atoms with E-state index in [9.17, 15) is 14.4 Å². The van der Waals surface area contributed by atoms with Gasteiger partial charge in [0.1, 0.15) is 6.54 Å². The molecule has 0 spiro atoms. The molecule has 0 saturated heterocycles. The molecule has 22 heavy (non-hydrogen) atoms. The van der Waals surface area contributed by atoms with Gasteiger partial charge in [0.05, 0.1) is 6.04 Å². The Balaban J connectivity index is 2.08. The van der Waals surface area contributed by atoms with E-state index in [0.29, 0.717) is 0 Å². The number of rotatable bonds is 6. The third kappa shape index (κ3) is 4.18. The average molecular weight is 301 g/mol. The number of carbonyl (C=O) groups excluding carboxylic acids is 1. The van der Waals surface area contributed by atoms with Gasteiger partial charge in [0.25, 0.3) is 5.56 Å². The molecule has 1 aromatic carbocycles. The van der Waals surface area contributed by atoms with Gasteiger partial charge < -0.3 is 5.32 Å². The van der Waals surface area contributed by atoms with Gasteiger partial charge in [-0.3, -0.25) is 19.1 Å². The van der Waals surface area contributed by atoms with E-state index in [1.165, 1.54) is 16.8 Å². The van der Waals surface area contributed by atoms with Gasteiger partial charge in [-0.2, -0.15) is 0 Å². The zero-order valence-corrected chi connectivity index (χ0v) is 12.4. The molecule has 1 heterocycles. The van der Waals surface area contributed by atoms with E-state index in [-0.39, 0.29) is 18.5 Å². The maximum absolute atomic E-state index is 12.1. The Kier molecular flexibility index (Phi) is 5.30. The van der Waals surface area contributed by atoms with Gasteiger partial charge >= 0.3 is 5.69 Å². The van der Waals surface area contributed by atoms with Crippen LogP contribution in [0.1, 0.15) is 31.4 Å². The summed E-state index contributed by atoms with van der Waals surface area (Å²) in [5.41, 5.74) is -0.0317. The molecule has 0 unspecified atom stereocenters. The van der Waals surface area contributed by atoms with Crippen molar-refractivity contribution in [3.8, 4) is 0 Å². The van der Waals surface area contributed by atoms with Gasteiger partial charge in [-0.1, -0.05) is 43.7 Å². The predicted molar refractivity (Wildman–Crippen MR) is 83.6 cm³/mol. The molecular formula is C16H19N3O3. The summed E-state index contributed by atoms with van der Waals surface area (Å²) in [4.78, 5) is 36.9. The molecule has 0 fully saturated rings. The highest BCUT2D eigenvalue weighted by atomic mass is 16.2. The minimum Gasteiger partial charge on any atom is -0.348 e. The summed E-state index contributed by atoms with van der Waals surface area (Å²) in [6, 6.07) is 10.8. The number of nitrogens with one attached hydrogen (secondary N) is 2. The number of aromatic nitrogens is 2. The number of hydrogen-bond acceptors (Lipinski definition) is 3. The van der Waals surface area contributed by atoms with Crippen LogP contribution in [-0.4, -0.2) is 15.5 Å². The first-order valence-electron chi connectivity index (χ1n) is 7.24. The first-order chi connectivity index (χ1) is 10.6. The number of H-pyrrole nitrogens is 1. The van der Waals surface area contributed by atoms with E-state index in [4.69, 9.17) is 0 Å². The molecular weight excluding hydrogens is 282 g/mol. The zero-order chi connectivity index (χ0) is 15.9. The third-order valence-electron chi connectivity index (χ3n) is 3.33. The van der Waals surface area contributed by atoms with Crippen molar-refractivity contribution < 1.29 is 4.79 Å². The van der Waals surface area contributed by atoms with E-state index < -0.39 is 11.2 Å². The molecule has 0 saturated carbocycles. The molecule has 1 amide bonds. The summed E-state index contributed by atoms with van der Waals surface area (Å²) in [5, 5.41) is 2.93. The first-order valence-corrected chi connectivity index (χ1v) is 7.24. The fourth-order valence-corrected chi connectivity index (χ4v) is 2.26.